The molecule has 0 amide bonds. The molecule has 1 aromatic heterocycles. The van der Waals surface area contributed by atoms with Gasteiger partial charge in [-0.1, -0.05) is 48.5 Å². The Hall–Kier alpha value is -3.60. The number of ether oxygens (including phenoxy) is 2. The minimum atomic E-state index is -0.581. The summed E-state index contributed by atoms with van der Waals surface area (Å²) in [7, 11) is 2.62. The van der Waals surface area contributed by atoms with Crippen LogP contribution in [-0.2, 0) is 9.47 Å². The van der Waals surface area contributed by atoms with Gasteiger partial charge < -0.3 is 14.5 Å². The van der Waals surface area contributed by atoms with Crippen LogP contribution in [0.4, 0.5) is 0 Å². The van der Waals surface area contributed by atoms with Crippen LogP contribution >= 0.6 is 0 Å². The molecule has 5 nitrogen and oxygen atoms in total. The molecule has 4 aromatic rings. The minimum Gasteiger partial charge on any atom is -0.465 e. The van der Waals surface area contributed by atoms with Crippen LogP contribution in [0, 0.1) is 6.92 Å². The van der Waals surface area contributed by atoms with E-state index in [-0.39, 0.29) is 11.1 Å². The Morgan fingerprint density at radius 3 is 2.11 bits per heavy atom. The van der Waals surface area contributed by atoms with Crippen LogP contribution in [0.5, 0.6) is 0 Å². The highest BCUT2D eigenvalue weighted by Crippen LogP contribution is 2.41. The molecule has 0 aliphatic carbocycles. The van der Waals surface area contributed by atoms with Gasteiger partial charge in [0.1, 0.15) is 0 Å². The second kappa shape index (κ2) is 6.85. The fourth-order valence-corrected chi connectivity index (χ4v) is 3.84. The van der Waals surface area contributed by atoms with Crippen molar-refractivity contribution in [3.8, 4) is 11.1 Å². The van der Waals surface area contributed by atoms with Crippen molar-refractivity contribution in [2.75, 3.05) is 14.2 Å². The van der Waals surface area contributed by atoms with Crippen molar-refractivity contribution in [1.82, 2.24) is 4.98 Å². The predicted octanol–water partition coefficient (Wildman–Crippen LogP) is 4.87. The summed E-state index contributed by atoms with van der Waals surface area (Å²) in [5.74, 6) is -1.15. The Morgan fingerprint density at radius 2 is 1.43 bits per heavy atom. The van der Waals surface area contributed by atoms with Crippen LogP contribution in [0.25, 0.3) is 32.9 Å². The molecule has 0 radical (unpaired) electrons. The number of para-hydroxylation sites is 1. The maximum Gasteiger partial charge on any atom is 0.339 e. The van der Waals surface area contributed by atoms with Gasteiger partial charge in [0.15, 0.2) is 0 Å². The largest absolute Gasteiger partial charge is 0.465 e. The number of esters is 2. The zero-order valence-electron chi connectivity index (χ0n) is 15.8. The summed E-state index contributed by atoms with van der Waals surface area (Å²) < 4.78 is 10.1. The second-order valence-electron chi connectivity index (χ2n) is 6.52. The number of fused-ring (bicyclic) bond motifs is 3. The maximum atomic E-state index is 12.8. The van der Waals surface area contributed by atoms with Crippen molar-refractivity contribution in [1.29, 1.82) is 0 Å². The number of hydrogen-bond acceptors (Lipinski definition) is 4. The van der Waals surface area contributed by atoms with E-state index >= 15 is 0 Å². The van der Waals surface area contributed by atoms with Gasteiger partial charge in [-0.25, -0.2) is 9.59 Å². The number of methoxy groups -OCH3 is 2. The summed E-state index contributed by atoms with van der Waals surface area (Å²) in [6.07, 6.45) is 0. The topological polar surface area (TPSA) is 68.4 Å². The summed E-state index contributed by atoms with van der Waals surface area (Å²) in [5, 5.41) is 1.87. The fraction of sp³-hybridized carbons (Fsp3) is 0.130. The SMILES string of the molecule is COC(=O)c1c(C(=O)OC)c(C)c2c([nH]c3ccccc32)c1-c1ccccc1. The van der Waals surface area contributed by atoms with Crippen LogP contribution in [0.15, 0.2) is 54.6 Å². The summed E-state index contributed by atoms with van der Waals surface area (Å²) in [4.78, 5) is 29.0. The molecule has 28 heavy (non-hydrogen) atoms. The summed E-state index contributed by atoms with van der Waals surface area (Å²) in [6.45, 7) is 1.83. The van der Waals surface area contributed by atoms with Gasteiger partial charge in [0.05, 0.1) is 30.9 Å². The van der Waals surface area contributed by atoms with Crippen LogP contribution < -0.4 is 0 Å². The van der Waals surface area contributed by atoms with Crippen LogP contribution in [0.1, 0.15) is 26.3 Å². The van der Waals surface area contributed by atoms with E-state index in [0.29, 0.717) is 11.1 Å². The molecule has 1 heterocycles. The number of rotatable bonds is 3. The van der Waals surface area contributed by atoms with Gasteiger partial charge in [0.2, 0.25) is 0 Å². The minimum absolute atomic E-state index is 0.206. The van der Waals surface area contributed by atoms with Crippen molar-refractivity contribution in [3.05, 3.63) is 71.3 Å². The predicted molar refractivity (Wildman–Crippen MR) is 109 cm³/mol. The summed E-state index contributed by atoms with van der Waals surface area (Å²) >= 11 is 0. The molecule has 0 unspecified atom stereocenters. The molecule has 1 N–H and O–H groups in total. The number of H-pyrrole nitrogens is 1. The number of aromatic nitrogens is 1. The highest BCUT2D eigenvalue weighted by Gasteiger charge is 2.30. The van der Waals surface area contributed by atoms with Crippen molar-refractivity contribution >= 4 is 33.7 Å². The molecule has 0 fully saturated rings. The lowest BCUT2D eigenvalue weighted by atomic mass is 9.88. The van der Waals surface area contributed by atoms with Gasteiger partial charge >= 0.3 is 11.9 Å². The zero-order valence-corrected chi connectivity index (χ0v) is 15.8. The summed E-state index contributed by atoms with van der Waals surface area (Å²) in [5.41, 5.74) is 4.27. The number of carbonyl (C=O) groups is 2. The van der Waals surface area contributed by atoms with Gasteiger partial charge in [-0.15, -0.1) is 0 Å². The fourth-order valence-electron chi connectivity index (χ4n) is 3.84. The highest BCUT2D eigenvalue weighted by molar-refractivity contribution is 6.22. The molecule has 140 valence electrons. The molecule has 0 saturated heterocycles. The molecule has 3 aromatic carbocycles. The lowest BCUT2D eigenvalue weighted by Gasteiger charge is -2.17. The van der Waals surface area contributed by atoms with Crippen molar-refractivity contribution in [2.45, 2.75) is 6.92 Å². The molecular weight excluding hydrogens is 354 g/mol. The van der Waals surface area contributed by atoms with E-state index < -0.39 is 11.9 Å². The van der Waals surface area contributed by atoms with Crippen molar-refractivity contribution in [2.24, 2.45) is 0 Å². The molecule has 0 bridgehead atoms. The Kier molecular flexibility index (Phi) is 4.35. The third-order valence-electron chi connectivity index (χ3n) is 5.05. The lowest BCUT2D eigenvalue weighted by molar-refractivity contribution is 0.0555. The van der Waals surface area contributed by atoms with E-state index in [4.69, 9.17) is 9.47 Å². The molecule has 0 atom stereocenters. The van der Waals surface area contributed by atoms with E-state index in [2.05, 4.69) is 4.98 Å². The first-order valence-electron chi connectivity index (χ1n) is 8.87. The number of aryl methyl sites for hydroxylation is 1. The standard InChI is InChI=1S/C23H19NO4/c1-13-17-15-11-7-8-12-16(15)24-21(17)19(14-9-5-4-6-10-14)20(23(26)28-3)18(13)22(25)27-2/h4-12,24H,1-3H3. The van der Waals surface area contributed by atoms with Crippen LogP contribution in [0.3, 0.4) is 0 Å². The number of hydrogen-bond donors (Lipinski definition) is 1. The quantitative estimate of drug-likeness (QED) is 0.520. The normalized spacial score (nSPS) is 11.0. The molecule has 0 spiro atoms. The van der Waals surface area contributed by atoms with Crippen LogP contribution in [0.2, 0.25) is 0 Å². The first kappa shape index (κ1) is 17.8. The average molecular weight is 373 g/mol. The van der Waals surface area contributed by atoms with E-state index in [1.807, 2.05) is 61.5 Å². The van der Waals surface area contributed by atoms with Gasteiger partial charge in [-0.2, -0.15) is 0 Å². The number of nitrogens with one attached hydrogen (secondary N) is 1. The van der Waals surface area contributed by atoms with E-state index in [1.165, 1.54) is 14.2 Å². The Labute approximate surface area is 161 Å². The molecule has 5 heteroatoms. The van der Waals surface area contributed by atoms with E-state index in [1.54, 1.807) is 0 Å². The Bertz CT molecular complexity index is 1220. The summed E-state index contributed by atoms with van der Waals surface area (Å²) in [6, 6.07) is 17.4. The molecule has 0 aliphatic rings. The number of benzene rings is 3. The van der Waals surface area contributed by atoms with Crippen molar-refractivity contribution < 1.29 is 19.1 Å². The molecular formula is C23H19NO4. The lowest BCUT2D eigenvalue weighted by Crippen LogP contribution is -2.16. The molecule has 0 aliphatic heterocycles. The first-order chi connectivity index (χ1) is 13.6. The highest BCUT2D eigenvalue weighted by atomic mass is 16.5. The van der Waals surface area contributed by atoms with Crippen molar-refractivity contribution in [3.63, 3.8) is 0 Å². The van der Waals surface area contributed by atoms with Crippen LogP contribution in [-0.4, -0.2) is 31.1 Å². The number of aromatic amines is 1. The average Bonchev–Trinajstić information content (AvgIpc) is 3.12. The van der Waals surface area contributed by atoms with E-state index in [9.17, 15) is 9.59 Å². The zero-order chi connectivity index (χ0) is 19.8. The smallest absolute Gasteiger partial charge is 0.339 e. The third-order valence-corrected chi connectivity index (χ3v) is 5.05. The van der Waals surface area contributed by atoms with Gasteiger partial charge in [0, 0.05) is 21.9 Å². The second-order valence-corrected chi connectivity index (χ2v) is 6.52. The van der Waals surface area contributed by atoms with Gasteiger partial charge in [-0.05, 0) is 24.1 Å². The number of carbonyl (C=O) groups excluding carboxylic acids is 2. The van der Waals surface area contributed by atoms with Gasteiger partial charge in [0.25, 0.3) is 0 Å². The van der Waals surface area contributed by atoms with Gasteiger partial charge in [-0.3, -0.25) is 0 Å². The maximum absolute atomic E-state index is 12.8. The van der Waals surface area contributed by atoms with E-state index in [0.717, 1.165) is 27.4 Å². The first-order valence-corrected chi connectivity index (χ1v) is 8.87. The molecule has 0 saturated carbocycles. The Balaban J connectivity index is 2.30. The Morgan fingerprint density at radius 1 is 0.821 bits per heavy atom. The monoisotopic (exact) mass is 373 g/mol. The third kappa shape index (κ3) is 2.55. The molecule has 4 rings (SSSR count).